The molecule has 1 atom stereocenters. The van der Waals surface area contributed by atoms with Gasteiger partial charge in [0.1, 0.15) is 11.7 Å². The molecule has 0 spiro atoms. The van der Waals surface area contributed by atoms with E-state index >= 15 is 0 Å². The number of carboxylic acid groups (broad SMARTS) is 1. The summed E-state index contributed by atoms with van der Waals surface area (Å²) >= 11 is 0. The highest BCUT2D eigenvalue weighted by atomic mass is 19.1. The van der Waals surface area contributed by atoms with E-state index in [1.54, 1.807) is 6.07 Å². The molecule has 1 aliphatic heterocycles. The van der Waals surface area contributed by atoms with Gasteiger partial charge in [0.25, 0.3) is 0 Å². The number of benzene rings is 3. The van der Waals surface area contributed by atoms with Crippen LogP contribution in [0.2, 0.25) is 0 Å². The summed E-state index contributed by atoms with van der Waals surface area (Å²) in [4.78, 5) is 30.9. The van der Waals surface area contributed by atoms with Crippen molar-refractivity contribution in [1.82, 2.24) is 4.90 Å². The molecule has 3 aromatic carbocycles. The van der Waals surface area contributed by atoms with Crippen molar-refractivity contribution in [3.63, 3.8) is 0 Å². The predicted molar refractivity (Wildman–Crippen MR) is 130 cm³/mol. The molecule has 34 heavy (non-hydrogen) atoms. The Hall–Kier alpha value is -3.84. The monoisotopic (exact) mass is 459 g/mol. The molecule has 0 radical (unpaired) electrons. The predicted octanol–water partition coefficient (Wildman–Crippen LogP) is 4.76. The number of nitrogens with zero attached hydrogens (tertiary/aromatic N) is 2. The third kappa shape index (κ3) is 5.38. The van der Waals surface area contributed by atoms with E-state index in [1.807, 2.05) is 62.6 Å². The molecule has 0 saturated heterocycles. The highest BCUT2D eigenvalue weighted by Crippen LogP contribution is 2.37. The summed E-state index contributed by atoms with van der Waals surface area (Å²) in [5.74, 6) is -2.23. The van der Waals surface area contributed by atoms with E-state index in [0.717, 1.165) is 23.2 Å². The lowest BCUT2D eigenvalue weighted by atomic mass is 9.90. The molecule has 1 amide bonds. The molecular formula is C27H26FN3O3. The second-order valence-corrected chi connectivity index (χ2v) is 8.65. The Kier molecular flexibility index (Phi) is 6.84. The van der Waals surface area contributed by atoms with Gasteiger partial charge in [-0.1, -0.05) is 42.5 Å². The van der Waals surface area contributed by atoms with Gasteiger partial charge < -0.3 is 15.3 Å². The van der Waals surface area contributed by atoms with Crippen LogP contribution in [0.15, 0.2) is 71.7 Å². The molecule has 1 heterocycles. The van der Waals surface area contributed by atoms with Crippen LogP contribution in [0, 0.1) is 5.82 Å². The standard InChI is InChI=1S/C27H26FN3O3/c1-31(2)16-18-4-3-5-21(14-18)29-26(19-9-6-17(7-10-19)8-13-24(32)33)25-22-12-11-20(28)15-23(22)30-27(25)34/h3-7,9-12,14-15,25H,8,13,16H2,1-2H3,(H,30,34)(H,32,33). The summed E-state index contributed by atoms with van der Waals surface area (Å²) < 4.78 is 13.8. The van der Waals surface area contributed by atoms with Crippen LogP contribution in [-0.4, -0.2) is 41.7 Å². The quantitative estimate of drug-likeness (QED) is 0.476. The molecule has 4 rings (SSSR count). The minimum absolute atomic E-state index is 0.0446. The number of hydrogen-bond donors (Lipinski definition) is 2. The van der Waals surface area contributed by atoms with Crippen molar-refractivity contribution >= 4 is 29.0 Å². The van der Waals surface area contributed by atoms with Gasteiger partial charge >= 0.3 is 5.97 Å². The minimum Gasteiger partial charge on any atom is -0.481 e. The summed E-state index contributed by atoms with van der Waals surface area (Å²) in [6.45, 7) is 0.753. The maximum Gasteiger partial charge on any atom is 0.303 e. The molecule has 0 fully saturated rings. The number of aliphatic carboxylic acids is 1. The molecule has 174 valence electrons. The van der Waals surface area contributed by atoms with Crippen molar-refractivity contribution in [2.24, 2.45) is 4.99 Å². The van der Waals surface area contributed by atoms with Crippen molar-refractivity contribution in [1.29, 1.82) is 0 Å². The van der Waals surface area contributed by atoms with Crippen LogP contribution in [0.3, 0.4) is 0 Å². The molecular weight excluding hydrogens is 433 g/mol. The summed E-state index contributed by atoms with van der Waals surface area (Å²) in [6, 6.07) is 19.5. The largest absolute Gasteiger partial charge is 0.481 e. The number of carboxylic acids is 1. The fourth-order valence-electron chi connectivity index (χ4n) is 4.12. The number of carbonyl (C=O) groups is 2. The van der Waals surface area contributed by atoms with Crippen LogP contribution in [-0.2, 0) is 22.6 Å². The molecule has 0 saturated carbocycles. The van der Waals surface area contributed by atoms with Gasteiger partial charge in [-0.15, -0.1) is 0 Å². The lowest BCUT2D eigenvalue weighted by Crippen LogP contribution is -2.22. The van der Waals surface area contributed by atoms with E-state index in [1.165, 1.54) is 12.1 Å². The number of nitrogens with one attached hydrogen (secondary N) is 1. The Bertz CT molecular complexity index is 1250. The maximum atomic E-state index is 13.8. The summed E-state index contributed by atoms with van der Waals surface area (Å²) in [5, 5.41) is 11.7. The number of halogens is 1. The highest BCUT2D eigenvalue weighted by Gasteiger charge is 2.35. The molecule has 0 bridgehead atoms. The first-order valence-electron chi connectivity index (χ1n) is 11.0. The molecule has 0 aromatic heterocycles. The molecule has 7 heteroatoms. The Balaban J connectivity index is 1.77. The average molecular weight is 460 g/mol. The first-order valence-corrected chi connectivity index (χ1v) is 11.0. The first-order chi connectivity index (χ1) is 16.3. The number of aliphatic imine (C=N–C) groups is 1. The number of hydrogen-bond acceptors (Lipinski definition) is 4. The van der Waals surface area contributed by atoms with E-state index < -0.39 is 17.7 Å². The van der Waals surface area contributed by atoms with Crippen molar-refractivity contribution < 1.29 is 19.1 Å². The first kappa shape index (κ1) is 23.3. The second kappa shape index (κ2) is 9.97. The van der Waals surface area contributed by atoms with E-state index in [2.05, 4.69) is 10.2 Å². The Labute approximate surface area is 197 Å². The average Bonchev–Trinajstić information content (AvgIpc) is 3.11. The maximum absolute atomic E-state index is 13.8. The summed E-state index contributed by atoms with van der Waals surface area (Å²) in [7, 11) is 3.98. The normalized spacial score (nSPS) is 15.4. The molecule has 2 N–H and O–H groups in total. The van der Waals surface area contributed by atoms with Gasteiger partial charge in [-0.3, -0.25) is 14.6 Å². The molecule has 0 aliphatic carbocycles. The van der Waals surface area contributed by atoms with E-state index in [4.69, 9.17) is 10.1 Å². The third-order valence-electron chi connectivity index (χ3n) is 5.66. The number of carbonyl (C=O) groups excluding carboxylic acids is 1. The van der Waals surface area contributed by atoms with Crippen LogP contribution in [0.25, 0.3) is 0 Å². The van der Waals surface area contributed by atoms with Crippen molar-refractivity contribution in [3.05, 3.63) is 94.8 Å². The van der Waals surface area contributed by atoms with Crippen LogP contribution in [0.4, 0.5) is 15.8 Å². The second-order valence-electron chi connectivity index (χ2n) is 8.65. The van der Waals surface area contributed by atoms with Crippen LogP contribution < -0.4 is 5.32 Å². The zero-order valence-electron chi connectivity index (χ0n) is 19.1. The smallest absolute Gasteiger partial charge is 0.303 e. The highest BCUT2D eigenvalue weighted by molar-refractivity contribution is 6.24. The lowest BCUT2D eigenvalue weighted by molar-refractivity contribution is -0.137. The number of rotatable bonds is 8. The number of aryl methyl sites for hydroxylation is 1. The Morgan fingerprint density at radius 2 is 1.82 bits per heavy atom. The van der Waals surface area contributed by atoms with Crippen LogP contribution in [0.1, 0.15) is 34.6 Å². The van der Waals surface area contributed by atoms with Gasteiger partial charge in [0, 0.05) is 18.7 Å². The molecule has 6 nitrogen and oxygen atoms in total. The van der Waals surface area contributed by atoms with E-state index in [0.29, 0.717) is 29.1 Å². The fraction of sp³-hybridized carbons (Fsp3) is 0.222. The van der Waals surface area contributed by atoms with Crippen LogP contribution in [0.5, 0.6) is 0 Å². The van der Waals surface area contributed by atoms with Gasteiger partial charge in [0.05, 0.1) is 11.4 Å². The van der Waals surface area contributed by atoms with Crippen molar-refractivity contribution in [2.45, 2.75) is 25.3 Å². The SMILES string of the molecule is CN(C)Cc1cccc(N=C(c2ccc(CCC(=O)O)cc2)C2C(=O)Nc3cc(F)ccc32)c1. The van der Waals surface area contributed by atoms with Crippen molar-refractivity contribution in [2.75, 3.05) is 19.4 Å². The molecule has 1 unspecified atom stereocenters. The third-order valence-corrected chi connectivity index (χ3v) is 5.66. The summed E-state index contributed by atoms with van der Waals surface area (Å²) in [5.41, 5.74) is 5.10. The molecule has 3 aromatic rings. The zero-order valence-corrected chi connectivity index (χ0v) is 19.1. The van der Waals surface area contributed by atoms with Gasteiger partial charge in [0.2, 0.25) is 5.91 Å². The minimum atomic E-state index is -0.851. The fourth-order valence-corrected chi connectivity index (χ4v) is 4.12. The van der Waals surface area contributed by atoms with Crippen LogP contribution >= 0.6 is 0 Å². The number of amides is 1. The molecule has 1 aliphatic rings. The number of anilines is 1. The van der Waals surface area contributed by atoms with Gasteiger partial charge in [0.15, 0.2) is 0 Å². The zero-order chi connectivity index (χ0) is 24.2. The van der Waals surface area contributed by atoms with Gasteiger partial charge in [-0.05, 0) is 67.0 Å². The van der Waals surface area contributed by atoms with Gasteiger partial charge in [-0.25, -0.2) is 4.39 Å². The number of fused-ring (bicyclic) bond motifs is 1. The summed E-state index contributed by atoms with van der Waals surface area (Å²) in [6.07, 6.45) is 0.462. The Morgan fingerprint density at radius 3 is 2.53 bits per heavy atom. The van der Waals surface area contributed by atoms with E-state index in [9.17, 15) is 14.0 Å². The topological polar surface area (TPSA) is 82.0 Å². The van der Waals surface area contributed by atoms with E-state index in [-0.39, 0.29) is 12.3 Å². The van der Waals surface area contributed by atoms with Gasteiger partial charge in [-0.2, -0.15) is 0 Å². The van der Waals surface area contributed by atoms with Crippen molar-refractivity contribution in [3.8, 4) is 0 Å². The Morgan fingerprint density at radius 1 is 1.06 bits per heavy atom. The lowest BCUT2D eigenvalue weighted by Gasteiger charge is -2.15.